The number of hydrogen-bond donors (Lipinski definition) is 0. The lowest BCUT2D eigenvalue weighted by Crippen LogP contribution is -2.30. The summed E-state index contributed by atoms with van der Waals surface area (Å²) in [5, 5.41) is 0. The fourth-order valence-electron chi connectivity index (χ4n) is 6.12. The largest absolute Gasteiger partial charge is 0.462 e. The van der Waals surface area contributed by atoms with E-state index < -0.39 is 18.0 Å². The molecule has 0 aromatic carbocycles. The fraction of sp³-hybridized carbons (Fsp3) is 0.589. The normalized spacial score (nSPS) is 13.1. The number of ether oxygens (including phenoxy) is 3. The van der Waals surface area contributed by atoms with Crippen molar-refractivity contribution in [1.82, 2.24) is 0 Å². The van der Waals surface area contributed by atoms with E-state index in [1.807, 2.05) is 6.08 Å². The van der Waals surface area contributed by atoms with Gasteiger partial charge in [0.25, 0.3) is 0 Å². The number of carbonyl (C=O) groups excluding carboxylic acids is 3. The summed E-state index contributed by atoms with van der Waals surface area (Å²) in [6, 6.07) is 0. The molecule has 1 unspecified atom stereocenters. The lowest BCUT2D eigenvalue weighted by Gasteiger charge is -2.18. The van der Waals surface area contributed by atoms with Crippen LogP contribution in [0.3, 0.4) is 0 Å². The van der Waals surface area contributed by atoms with Gasteiger partial charge in [0.05, 0.1) is 6.42 Å². The summed E-state index contributed by atoms with van der Waals surface area (Å²) >= 11 is 0. The maximum absolute atomic E-state index is 12.7. The molecule has 6 heteroatoms. The highest BCUT2D eigenvalue weighted by Gasteiger charge is 2.19. The number of hydrogen-bond acceptors (Lipinski definition) is 6. The number of esters is 3. The molecular formula is C56H88O6. The highest BCUT2D eigenvalue weighted by molar-refractivity contribution is 5.72. The standard InChI is InChI=1S/C56H88O6/c1-4-7-10-13-16-19-21-23-25-27-29-30-32-34-37-40-43-46-49-55(58)61-52-53(51-60-54(57)48-45-42-39-36-18-15-12-9-6-3)62-56(59)50-47-44-41-38-35-33-31-28-26-24-22-20-17-14-11-8-5-2/h8-9,11-12,17-18,20,24-27,29-31,33,36,38,41-42,45,53H,4-7,10,13-16,19,21-23,28,32,34-35,37,39-40,43-44,46-52H2,1-3H3/b11-8-,12-9-,20-17-,26-24-,27-25-,30-29-,33-31-,36-18-,41-38-,45-42-. The molecule has 0 radical (unpaired) electrons. The minimum absolute atomic E-state index is 0.115. The highest BCUT2D eigenvalue weighted by Crippen LogP contribution is 2.11. The van der Waals surface area contributed by atoms with Gasteiger partial charge in [-0.2, -0.15) is 0 Å². The predicted octanol–water partition coefficient (Wildman–Crippen LogP) is 16.1. The van der Waals surface area contributed by atoms with Crippen molar-refractivity contribution in [2.24, 2.45) is 0 Å². The molecule has 0 bridgehead atoms. The van der Waals surface area contributed by atoms with Crippen LogP contribution < -0.4 is 0 Å². The van der Waals surface area contributed by atoms with Crippen LogP contribution in [0.5, 0.6) is 0 Å². The molecule has 0 saturated heterocycles. The lowest BCUT2D eigenvalue weighted by molar-refractivity contribution is -0.166. The summed E-state index contributed by atoms with van der Waals surface area (Å²) in [5.74, 6) is -1.15. The van der Waals surface area contributed by atoms with Crippen molar-refractivity contribution in [1.29, 1.82) is 0 Å². The van der Waals surface area contributed by atoms with Crippen LogP contribution in [-0.2, 0) is 28.6 Å². The van der Waals surface area contributed by atoms with E-state index in [0.717, 1.165) is 96.3 Å². The third kappa shape index (κ3) is 46.9. The van der Waals surface area contributed by atoms with Crippen molar-refractivity contribution in [3.05, 3.63) is 122 Å². The molecule has 0 aliphatic heterocycles. The summed E-state index contributed by atoms with van der Waals surface area (Å²) in [6.45, 7) is 6.22. The maximum Gasteiger partial charge on any atom is 0.309 e. The van der Waals surface area contributed by atoms with E-state index in [1.54, 1.807) is 6.08 Å². The SMILES string of the molecule is CC/C=C\C/C=C\C/C=C\C/C=C\C/C=C\CCCC(=O)OC(COC(=O)C/C=C\C/C=C\C/C=C\CC)COC(=O)CCCCCCC/C=C\C=C/CCCCCCCCC. The average molecular weight is 857 g/mol. The Bertz CT molecular complexity index is 1350. The van der Waals surface area contributed by atoms with Crippen molar-refractivity contribution in [2.45, 2.75) is 200 Å². The van der Waals surface area contributed by atoms with Crippen molar-refractivity contribution < 1.29 is 28.6 Å². The smallest absolute Gasteiger partial charge is 0.309 e. The van der Waals surface area contributed by atoms with Crippen LogP contribution in [0.25, 0.3) is 0 Å². The predicted molar refractivity (Wildman–Crippen MR) is 265 cm³/mol. The maximum atomic E-state index is 12.7. The third-order valence-corrected chi connectivity index (χ3v) is 9.74. The van der Waals surface area contributed by atoms with Gasteiger partial charge < -0.3 is 14.2 Å². The van der Waals surface area contributed by atoms with Crippen molar-refractivity contribution in [2.75, 3.05) is 13.2 Å². The van der Waals surface area contributed by atoms with E-state index in [-0.39, 0.29) is 32.0 Å². The van der Waals surface area contributed by atoms with E-state index in [9.17, 15) is 14.4 Å². The summed E-state index contributed by atoms with van der Waals surface area (Å²) in [6.07, 6.45) is 68.0. The van der Waals surface area contributed by atoms with Gasteiger partial charge in [0, 0.05) is 12.8 Å². The molecule has 348 valence electrons. The van der Waals surface area contributed by atoms with E-state index in [2.05, 4.69) is 130 Å². The Labute approximate surface area is 380 Å². The lowest BCUT2D eigenvalue weighted by atomic mass is 10.1. The van der Waals surface area contributed by atoms with E-state index in [0.29, 0.717) is 12.8 Å². The molecule has 0 aliphatic rings. The number of allylic oxidation sites excluding steroid dienone is 19. The summed E-state index contributed by atoms with van der Waals surface area (Å²) in [7, 11) is 0. The molecular weight excluding hydrogens is 769 g/mol. The van der Waals surface area contributed by atoms with Gasteiger partial charge in [-0.1, -0.05) is 200 Å². The highest BCUT2D eigenvalue weighted by atomic mass is 16.6. The average Bonchev–Trinajstić information content (AvgIpc) is 3.27. The summed E-state index contributed by atoms with van der Waals surface area (Å²) < 4.78 is 16.6. The Kier molecular flexibility index (Phi) is 46.1. The number of rotatable bonds is 42. The second kappa shape index (κ2) is 49.5. The van der Waals surface area contributed by atoms with Crippen molar-refractivity contribution >= 4 is 17.9 Å². The van der Waals surface area contributed by atoms with Crippen LogP contribution in [-0.4, -0.2) is 37.2 Å². The Hall–Kier alpha value is -4.19. The first-order valence-corrected chi connectivity index (χ1v) is 24.6. The zero-order valence-corrected chi connectivity index (χ0v) is 39.6. The molecule has 1 atom stereocenters. The molecule has 0 aromatic rings. The van der Waals surface area contributed by atoms with Crippen LogP contribution in [0.2, 0.25) is 0 Å². The Morgan fingerprint density at radius 1 is 0.371 bits per heavy atom. The van der Waals surface area contributed by atoms with Crippen molar-refractivity contribution in [3.63, 3.8) is 0 Å². The van der Waals surface area contributed by atoms with Crippen LogP contribution in [0.15, 0.2) is 122 Å². The van der Waals surface area contributed by atoms with Gasteiger partial charge in [-0.15, -0.1) is 0 Å². The number of unbranched alkanes of at least 4 members (excludes halogenated alkanes) is 13. The zero-order chi connectivity index (χ0) is 45.1. The van der Waals surface area contributed by atoms with Gasteiger partial charge in [-0.05, 0) is 96.3 Å². The zero-order valence-electron chi connectivity index (χ0n) is 39.6. The van der Waals surface area contributed by atoms with Crippen LogP contribution in [0.4, 0.5) is 0 Å². The van der Waals surface area contributed by atoms with E-state index in [1.165, 1.54) is 51.4 Å². The first-order valence-electron chi connectivity index (χ1n) is 24.6. The fourth-order valence-corrected chi connectivity index (χ4v) is 6.12. The topological polar surface area (TPSA) is 78.9 Å². The van der Waals surface area contributed by atoms with Crippen LogP contribution >= 0.6 is 0 Å². The molecule has 0 aliphatic carbocycles. The van der Waals surface area contributed by atoms with Gasteiger partial charge in [-0.25, -0.2) is 0 Å². The quantitative estimate of drug-likeness (QED) is 0.0200. The van der Waals surface area contributed by atoms with Crippen LogP contribution in [0.1, 0.15) is 194 Å². The number of carbonyl (C=O) groups is 3. The molecule has 0 aromatic heterocycles. The van der Waals surface area contributed by atoms with Gasteiger partial charge in [-0.3, -0.25) is 14.4 Å². The first-order chi connectivity index (χ1) is 30.5. The third-order valence-electron chi connectivity index (χ3n) is 9.74. The minimum atomic E-state index is -0.851. The van der Waals surface area contributed by atoms with Gasteiger partial charge in [0.1, 0.15) is 13.2 Å². The molecule has 0 heterocycles. The van der Waals surface area contributed by atoms with E-state index in [4.69, 9.17) is 14.2 Å². The Balaban J connectivity index is 4.53. The van der Waals surface area contributed by atoms with E-state index >= 15 is 0 Å². The molecule has 0 N–H and O–H groups in total. The molecule has 62 heavy (non-hydrogen) atoms. The summed E-state index contributed by atoms with van der Waals surface area (Å²) in [4.78, 5) is 37.7. The molecule has 0 rings (SSSR count). The van der Waals surface area contributed by atoms with Gasteiger partial charge in [0.2, 0.25) is 0 Å². The Morgan fingerprint density at radius 2 is 0.758 bits per heavy atom. The first kappa shape index (κ1) is 57.8. The molecule has 0 amide bonds. The Morgan fingerprint density at radius 3 is 1.26 bits per heavy atom. The van der Waals surface area contributed by atoms with Gasteiger partial charge >= 0.3 is 17.9 Å². The van der Waals surface area contributed by atoms with Gasteiger partial charge in [0.15, 0.2) is 6.10 Å². The minimum Gasteiger partial charge on any atom is -0.462 e. The van der Waals surface area contributed by atoms with Crippen molar-refractivity contribution in [3.8, 4) is 0 Å². The van der Waals surface area contributed by atoms with Crippen LogP contribution in [0, 0.1) is 0 Å². The monoisotopic (exact) mass is 857 g/mol. The molecule has 0 saturated carbocycles. The molecule has 6 nitrogen and oxygen atoms in total. The second-order valence-electron chi connectivity index (χ2n) is 15.6. The summed E-state index contributed by atoms with van der Waals surface area (Å²) in [5.41, 5.74) is 0. The second-order valence-corrected chi connectivity index (χ2v) is 15.6. The molecule has 0 spiro atoms. The molecule has 0 fully saturated rings.